The van der Waals surface area contributed by atoms with Crippen LogP contribution in [0, 0.1) is 0 Å². The number of piperidine rings is 1. The largest absolute Gasteiger partial charge is 0.363 e. The number of H-pyrrole nitrogens is 1. The van der Waals surface area contributed by atoms with Gasteiger partial charge in [-0.1, -0.05) is 18.5 Å². The van der Waals surface area contributed by atoms with Crippen LogP contribution in [0.5, 0.6) is 0 Å². The van der Waals surface area contributed by atoms with Crippen molar-refractivity contribution in [2.75, 3.05) is 32.1 Å². The first-order valence-electron chi connectivity index (χ1n) is 9.72. The van der Waals surface area contributed by atoms with Crippen molar-refractivity contribution in [3.63, 3.8) is 0 Å². The maximum Gasteiger partial charge on any atom is 0.273 e. The molecule has 0 aliphatic carbocycles. The van der Waals surface area contributed by atoms with Crippen LogP contribution in [0.25, 0.3) is 0 Å². The average Bonchev–Trinajstić information content (AvgIpc) is 3.08. The molecule has 156 valence electrons. The Bertz CT molecular complexity index is 902. The standard InChI is InChI=1S/C20H27ClN6O2/c1-5-14-16(21)17(25-24-14)18(28)23-20(2)7-10-27(11-8-20)19(29)13-6-9-22-15(12-13)26(3)4/h6,9,12H,5,7-8,10-11H2,1-4H3,(H,23,28)(H,24,25). The summed E-state index contributed by atoms with van der Waals surface area (Å²) in [6, 6.07) is 3.53. The van der Waals surface area contributed by atoms with E-state index in [9.17, 15) is 9.59 Å². The molecule has 0 aromatic carbocycles. The Labute approximate surface area is 175 Å². The summed E-state index contributed by atoms with van der Waals surface area (Å²) >= 11 is 6.23. The second-order valence-corrected chi connectivity index (χ2v) is 8.20. The lowest BCUT2D eigenvalue weighted by Crippen LogP contribution is -2.54. The van der Waals surface area contributed by atoms with Gasteiger partial charge in [-0.15, -0.1) is 0 Å². The van der Waals surface area contributed by atoms with E-state index in [0.717, 1.165) is 11.5 Å². The van der Waals surface area contributed by atoms with E-state index in [-0.39, 0.29) is 17.5 Å². The molecule has 8 nitrogen and oxygen atoms in total. The number of rotatable bonds is 5. The molecule has 1 fully saturated rings. The number of nitrogens with zero attached hydrogens (tertiary/aromatic N) is 4. The van der Waals surface area contributed by atoms with Crippen molar-refractivity contribution in [3.8, 4) is 0 Å². The van der Waals surface area contributed by atoms with Gasteiger partial charge in [0.1, 0.15) is 5.82 Å². The lowest BCUT2D eigenvalue weighted by atomic mass is 9.89. The molecule has 0 atom stereocenters. The van der Waals surface area contributed by atoms with E-state index < -0.39 is 5.54 Å². The molecule has 1 saturated heterocycles. The quantitative estimate of drug-likeness (QED) is 0.778. The van der Waals surface area contributed by atoms with Crippen LogP contribution in [0.2, 0.25) is 5.02 Å². The Hall–Kier alpha value is -2.61. The van der Waals surface area contributed by atoms with E-state index in [1.807, 2.05) is 37.7 Å². The summed E-state index contributed by atoms with van der Waals surface area (Å²) in [4.78, 5) is 33.4. The average molecular weight is 419 g/mol. The minimum atomic E-state index is -0.421. The van der Waals surface area contributed by atoms with Crippen LogP contribution in [0.15, 0.2) is 18.3 Å². The van der Waals surface area contributed by atoms with Crippen molar-refractivity contribution in [2.45, 2.75) is 38.6 Å². The Morgan fingerprint density at radius 3 is 2.62 bits per heavy atom. The fourth-order valence-corrected chi connectivity index (χ4v) is 3.69. The van der Waals surface area contributed by atoms with Crippen molar-refractivity contribution in [3.05, 3.63) is 40.3 Å². The predicted molar refractivity (Wildman–Crippen MR) is 113 cm³/mol. The van der Waals surface area contributed by atoms with Gasteiger partial charge in [0.2, 0.25) is 0 Å². The third-order valence-electron chi connectivity index (χ3n) is 5.36. The lowest BCUT2D eigenvalue weighted by Gasteiger charge is -2.40. The second-order valence-electron chi connectivity index (χ2n) is 7.82. The summed E-state index contributed by atoms with van der Waals surface area (Å²) in [5.41, 5.74) is 1.16. The molecule has 0 saturated carbocycles. The normalized spacial score (nSPS) is 15.8. The molecule has 9 heteroatoms. The first-order chi connectivity index (χ1) is 13.7. The zero-order chi connectivity index (χ0) is 21.2. The van der Waals surface area contributed by atoms with E-state index in [0.29, 0.717) is 42.9 Å². The summed E-state index contributed by atoms with van der Waals surface area (Å²) in [5, 5.41) is 10.3. The molecule has 1 aliphatic heterocycles. The fourth-order valence-electron chi connectivity index (χ4n) is 3.39. The van der Waals surface area contributed by atoms with Crippen LogP contribution < -0.4 is 10.2 Å². The molecule has 2 amide bonds. The van der Waals surface area contributed by atoms with E-state index in [2.05, 4.69) is 20.5 Å². The van der Waals surface area contributed by atoms with Gasteiger partial charge in [-0.05, 0) is 38.3 Å². The number of likely N-dealkylation sites (tertiary alicyclic amines) is 1. The fraction of sp³-hybridized carbons (Fsp3) is 0.500. The van der Waals surface area contributed by atoms with Gasteiger partial charge >= 0.3 is 0 Å². The van der Waals surface area contributed by atoms with Gasteiger partial charge in [-0.3, -0.25) is 14.7 Å². The highest BCUT2D eigenvalue weighted by atomic mass is 35.5. The van der Waals surface area contributed by atoms with Crippen molar-refractivity contribution < 1.29 is 9.59 Å². The summed E-state index contributed by atoms with van der Waals surface area (Å²) < 4.78 is 0. The lowest BCUT2D eigenvalue weighted by molar-refractivity contribution is 0.0637. The monoisotopic (exact) mass is 418 g/mol. The van der Waals surface area contributed by atoms with Crippen LogP contribution in [0.4, 0.5) is 5.82 Å². The number of anilines is 1. The number of halogens is 1. The number of carbonyl (C=O) groups excluding carboxylic acids is 2. The third kappa shape index (κ3) is 4.53. The molecule has 1 aliphatic rings. The highest BCUT2D eigenvalue weighted by Crippen LogP contribution is 2.25. The highest BCUT2D eigenvalue weighted by Gasteiger charge is 2.34. The number of carbonyl (C=O) groups is 2. The minimum absolute atomic E-state index is 0.0215. The summed E-state index contributed by atoms with van der Waals surface area (Å²) in [6.07, 6.45) is 3.63. The molecule has 3 heterocycles. The molecule has 0 spiro atoms. The number of amides is 2. The smallest absolute Gasteiger partial charge is 0.273 e. The topological polar surface area (TPSA) is 94.2 Å². The van der Waals surface area contributed by atoms with Crippen LogP contribution >= 0.6 is 11.6 Å². The molecule has 0 bridgehead atoms. The Balaban J connectivity index is 1.63. The van der Waals surface area contributed by atoms with Crippen LogP contribution in [0.3, 0.4) is 0 Å². The van der Waals surface area contributed by atoms with Gasteiger partial charge in [0.25, 0.3) is 11.8 Å². The van der Waals surface area contributed by atoms with Crippen molar-refractivity contribution in [1.29, 1.82) is 0 Å². The van der Waals surface area contributed by atoms with Gasteiger partial charge in [0.05, 0.1) is 10.7 Å². The van der Waals surface area contributed by atoms with Gasteiger partial charge in [0, 0.05) is 44.5 Å². The van der Waals surface area contributed by atoms with E-state index in [4.69, 9.17) is 11.6 Å². The van der Waals surface area contributed by atoms with Gasteiger partial charge in [-0.25, -0.2) is 4.98 Å². The molecular formula is C20H27ClN6O2. The molecule has 2 N–H and O–H groups in total. The summed E-state index contributed by atoms with van der Waals surface area (Å²) in [5.74, 6) is 0.428. The second kappa shape index (κ2) is 8.41. The third-order valence-corrected chi connectivity index (χ3v) is 5.77. The summed E-state index contributed by atoms with van der Waals surface area (Å²) in [6.45, 7) is 5.05. The SMILES string of the molecule is CCc1[nH]nc(C(=O)NC2(C)CCN(C(=O)c3ccnc(N(C)C)c3)CC2)c1Cl. The number of pyridine rings is 1. The van der Waals surface area contributed by atoms with Gasteiger partial charge in [-0.2, -0.15) is 5.10 Å². The van der Waals surface area contributed by atoms with Crippen molar-refractivity contribution in [1.82, 2.24) is 25.4 Å². The molecule has 2 aromatic heterocycles. The molecule has 0 radical (unpaired) electrons. The maximum atomic E-state index is 12.9. The number of nitrogens with one attached hydrogen (secondary N) is 2. The first kappa shape index (κ1) is 21.1. The van der Waals surface area contributed by atoms with Crippen LogP contribution in [-0.4, -0.2) is 64.6 Å². The van der Waals surface area contributed by atoms with E-state index in [1.165, 1.54) is 0 Å². The Morgan fingerprint density at radius 2 is 2.03 bits per heavy atom. The maximum absolute atomic E-state index is 12.9. The van der Waals surface area contributed by atoms with Crippen molar-refractivity contribution >= 4 is 29.2 Å². The molecular weight excluding hydrogens is 392 g/mol. The number of aromatic nitrogens is 3. The highest BCUT2D eigenvalue weighted by molar-refractivity contribution is 6.34. The molecule has 29 heavy (non-hydrogen) atoms. The number of hydrogen-bond donors (Lipinski definition) is 2. The molecule has 2 aromatic rings. The Kier molecular flexibility index (Phi) is 6.12. The van der Waals surface area contributed by atoms with E-state index >= 15 is 0 Å². The Morgan fingerprint density at radius 1 is 1.34 bits per heavy atom. The van der Waals surface area contributed by atoms with Crippen LogP contribution in [0.1, 0.15) is 53.2 Å². The number of hydrogen-bond acceptors (Lipinski definition) is 5. The van der Waals surface area contributed by atoms with E-state index in [1.54, 1.807) is 18.3 Å². The first-order valence-corrected chi connectivity index (χ1v) is 10.1. The van der Waals surface area contributed by atoms with Crippen LogP contribution in [-0.2, 0) is 6.42 Å². The van der Waals surface area contributed by atoms with Gasteiger partial charge < -0.3 is 15.1 Å². The number of aromatic amines is 1. The zero-order valence-electron chi connectivity index (χ0n) is 17.3. The molecule has 0 unspecified atom stereocenters. The van der Waals surface area contributed by atoms with Crippen molar-refractivity contribution in [2.24, 2.45) is 0 Å². The molecule has 3 rings (SSSR count). The van der Waals surface area contributed by atoms with Gasteiger partial charge in [0.15, 0.2) is 5.69 Å². The number of aryl methyl sites for hydroxylation is 1. The summed E-state index contributed by atoms with van der Waals surface area (Å²) in [7, 11) is 3.78. The predicted octanol–water partition coefficient (Wildman–Crippen LogP) is 2.51. The minimum Gasteiger partial charge on any atom is -0.363 e. The zero-order valence-corrected chi connectivity index (χ0v) is 18.0.